The average molecular weight is 193 g/mol. The van der Waals surface area contributed by atoms with Gasteiger partial charge in [-0.2, -0.15) is 0 Å². The summed E-state index contributed by atoms with van der Waals surface area (Å²) in [6, 6.07) is 8.51. The highest BCUT2D eigenvalue weighted by molar-refractivity contribution is 5.23. The van der Waals surface area contributed by atoms with Crippen LogP contribution in [0.15, 0.2) is 24.3 Å². The summed E-state index contributed by atoms with van der Waals surface area (Å²) in [7, 11) is 1.94. The van der Waals surface area contributed by atoms with Crippen molar-refractivity contribution in [2.45, 2.75) is 20.0 Å². The van der Waals surface area contributed by atoms with Gasteiger partial charge in [0, 0.05) is 13.2 Å². The number of hydrogen-bond donors (Lipinski definition) is 1. The van der Waals surface area contributed by atoms with E-state index in [0.29, 0.717) is 0 Å². The molecule has 0 heterocycles. The van der Waals surface area contributed by atoms with Crippen LogP contribution in [0.25, 0.3) is 0 Å². The van der Waals surface area contributed by atoms with Crippen LogP contribution in [-0.2, 0) is 4.74 Å². The van der Waals surface area contributed by atoms with E-state index in [0.717, 1.165) is 13.2 Å². The molecular formula is C12H19NO. The number of hydrogen-bond acceptors (Lipinski definition) is 2. The maximum atomic E-state index is 5.65. The molecule has 0 bridgehead atoms. The van der Waals surface area contributed by atoms with Crippen molar-refractivity contribution in [3.8, 4) is 0 Å². The van der Waals surface area contributed by atoms with Gasteiger partial charge >= 0.3 is 0 Å². The molecule has 0 amide bonds. The molecule has 0 aliphatic heterocycles. The molecule has 2 heteroatoms. The molecule has 1 atom stereocenters. The number of likely N-dealkylation sites (N-methyl/N-ethyl adjacent to an activating group) is 1. The normalized spacial score (nSPS) is 12.8. The SMILES string of the molecule is CCO[C@H](CNC)c1ccc(C)cc1. The second kappa shape index (κ2) is 5.78. The van der Waals surface area contributed by atoms with Gasteiger partial charge in [-0.25, -0.2) is 0 Å². The molecule has 1 N–H and O–H groups in total. The number of aryl methyl sites for hydroxylation is 1. The highest BCUT2D eigenvalue weighted by atomic mass is 16.5. The Morgan fingerprint density at radius 1 is 1.29 bits per heavy atom. The topological polar surface area (TPSA) is 21.3 Å². The van der Waals surface area contributed by atoms with Crippen molar-refractivity contribution in [2.24, 2.45) is 0 Å². The largest absolute Gasteiger partial charge is 0.372 e. The van der Waals surface area contributed by atoms with E-state index >= 15 is 0 Å². The summed E-state index contributed by atoms with van der Waals surface area (Å²) in [6.45, 7) is 5.73. The second-order valence-corrected chi connectivity index (χ2v) is 3.41. The first-order valence-corrected chi connectivity index (χ1v) is 5.10. The maximum absolute atomic E-state index is 5.65. The molecule has 0 fully saturated rings. The lowest BCUT2D eigenvalue weighted by Gasteiger charge is -2.17. The molecule has 78 valence electrons. The fourth-order valence-corrected chi connectivity index (χ4v) is 1.44. The zero-order chi connectivity index (χ0) is 10.4. The fourth-order valence-electron chi connectivity index (χ4n) is 1.44. The summed E-state index contributed by atoms with van der Waals surface area (Å²) in [5.74, 6) is 0. The van der Waals surface area contributed by atoms with Gasteiger partial charge in [0.05, 0.1) is 6.10 Å². The van der Waals surface area contributed by atoms with Crippen LogP contribution in [0.5, 0.6) is 0 Å². The minimum atomic E-state index is 0.172. The molecule has 0 aliphatic rings. The van der Waals surface area contributed by atoms with Crippen molar-refractivity contribution >= 4 is 0 Å². The third kappa shape index (κ3) is 3.13. The van der Waals surface area contributed by atoms with Gasteiger partial charge in [-0.15, -0.1) is 0 Å². The first-order chi connectivity index (χ1) is 6.77. The van der Waals surface area contributed by atoms with Crippen LogP contribution < -0.4 is 5.32 Å². The second-order valence-electron chi connectivity index (χ2n) is 3.41. The van der Waals surface area contributed by atoms with E-state index in [2.05, 4.69) is 36.5 Å². The molecule has 1 rings (SSSR count). The van der Waals surface area contributed by atoms with Gasteiger partial charge in [0.1, 0.15) is 0 Å². The third-order valence-corrected chi connectivity index (χ3v) is 2.21. The third-order valence-electron chi connectivity index (χ3n) is 2.21. The van der Waals surface area contributed by atoms with Crippen LogP contribution in [0.1, 0.15) is 24.2 Å². The smallest absolute Gasteiger partial charge is 0.0948 e. The van der Waals surface area contributed by atoms with Gasteiger partial charge in [0.15, 0.2) is 0 Å². The molecule has 14 heavy (non-hydrogen) atoms. The first kappa shape index (κ1) is 11.2. The summed E-state index contributed by atoms with van der Waals surface area (Å²) >= 11 is 0. The van der Waals surface area contributed by atoms with Crippen molar-refractivity contribution in [1.82, 2.24) is 5.32 Å². The highest BCUT2D eigenvalue weighted by Crippen LogP contribution is 2.16. The quantitative estimate of drug-likeness (QED) is 0.774. The minimum Gasteiger partial charge on any atom is -0.372 e. The van der Waals surface area contributed by atoms with Crippen molar-refractivity contribution in [2.75, 3.05) is 20.2 Å². The van der Waals surface area contributed by atoms with Crippen molar-refractivity contribution < 1.29 is 4.74 Å². The van der Waals surface area contributed by atoms with Crippen LogP contribution in [-0.4, -0.2) is 20.2 Å². The van der Waals surface area contributed by atoms with E-state index in [1.807, 2.05) is 14.0 Å². The number of benzene rings is 1. The Balaban J connectivity index is 2.71. The lowest BCUT2D eigenvalue weighted by atomic mass is 10.1. The van der Waals surface area contributed by atoms with Crippen LogP contribution >= 0.6 is 0 Å². The van der Waals surface area contributed by atoms with Crippen LogP contribution in [0.2, 0.25) is 0 Å². The van der Waals surface area contributed by atoms with Crippen molar-refractivity contribution in [3.63, 3.8) is 0 Å². The Bertz CT molecular complexity index is 250. The van der Waals surface area contributed by atoms with E-state index < -0.39 is 0 Å². The Labute approximate surface area is 86.3 Å². The minimum absolute atomic E-state index is 0.172. The standard InChI is InChI=1S/C12H19NO/c1-4-14-12(9-13-3)11-7-5-10(2)6-8-11/h5-8,12-13H,4,9H2,1-3H3/t12-/m1/s1. The number of rotatable bonds is 5. The average Bonchev–Trinajstić information content (AvgIpc) is 2.19. The van der Waals surface area contributed by atoms with Crippen molar-refractivity contribution in [1.29, 1.82) is 0 Å². The number of ether oxygens (including phenoxy) is 1. The van der Waals surface area contributed by atoms with E-state index in [-0.39, 0.29) is 6.10 Å². The zero-order valence-electron chi connectivity index (χ0n) is 9.21. The molecule has 1 aromatic rings. The molecule has 0 aliphatic carbocycles. The van der Waals surface area contributed by atoms with Gasteiger partial charge in [0.25, 0.3) is 0 Å². The molecule has 0 radical (unpaired) electrons. The maximum Gasteiger partial charge on any atom is 0.0948 e. The fraction of sp³-hybridized carbons (Fsp3) is 0.500. The van der Waals surface area contributed by atoms with Crippen molar-refractivity contribution in [3.05, 3.63) is 35.4 Å². The van der Waals surface area contributed by atoms with Gasteiger partial charge in [-0.1, -0.05) is 29.8 Å². The van der Waals surface area contributed by atoms with Gasteiger partial charge in [-0.05, 0) is 26.5 Å². The van der Waals surface area contributed by atoms with Crippen LogP contribution in [0, 0.1) is 6.92 Å². The van der Waals surface area contributed by atoms with E-state index in [1.54, 1.807) is 0 Å². The predicted octanol–water partition coefficient (Wildman–Crippen LogP) is 2.29. The lowest BCUT2D eigenvalue weighted by Crippen LogP contribution is -2.19. The zero-order valence-corrected chi connectivity index (χ0v) is 9.21. The van der Waals surface area contributed by atoms with E-state index in [1.165, 1.54) is 11.1 Å². The Morgan fingerprint density at radius 3 is 2.43 bits per heavy atom. The monoisotopic (exact) mass is 193 g/mol. The molecule has 0 spiro atoms. The van der Waals surface area contributed by atoms with Gasteiger partial charge in [0.2, 0.25) is 0 Å². The summed E-state index contributed by atoms with van der Waals surface area (Å²) < 4.78 is 5.65. The molecule has 2 nitrogen and oxygen atoms in total. The summed E-state index contributed by atoms with van der Waals surface area (Å²) in [6.07, 6.45) is 0.172. The van der Waals surface area contributed by atoms with E-state index in [4.69, 9.17) is 4.74 Å². The van der Waals surface area contributed by atoms with Gasteiger partial charge < -0.3 is 10.1 Å². The van der Waals surface area contributed by atoms with Crippen LogP contribution in [0.3, 0.4) is 0 Å². The lowest BCUT2D eigenvalue weighted by molar-refractivity contribution is 0.0638. The number of nitrogens with one attached hydrogen (secondary N) is 1. The summed E-state index contributed by atoms with van der Waals surface area (Å²) in [5.41, 5.74) is 2.53. The molecule has 0 aromatic heterocycles. The summed E-state index contributed by atoms with van der Waals surface area (Å²) in [5, 5.41) is 3.14. The molecule has 1 aromatic carbocycles. The Morgan fingerprint density at radius 2 is 1.93 bits per heavy atom. The molecule has 0 unspecified atom stereocenters. The molecule has 0 saturated heterocycles. The summed E-state index contributed by atoms with van der Waals surface area (Å²) in [4.78, 5) is 0. The first-order valence-electron chi connectivity index (χ1n) is 5.10. The van der Waals surface area contributed by atoms with E-state index in [9.17, 15) is 0 Å². The van der Waals surface area contributed by atoms with Gasteiger partial charge in [-0.3, -0.25) is 0 Å². The molecule has 0 saturated carbocycles. The Hall–Kier alpha value is -0.860. The Kier molecular flexibility index (Phi) is 4.63. The molecular weight excluding hydrogens is 174 g/mol. The van der Waals surface area contributed by atoms with Crippen LogP contribution in [0.4, 0.5) is 0 Å². The predicted molar refractivity (Wildman–Crippen MR) is 59.5 cm³/mol. The highest BCUT2D eigenvalue weighted by Gasteiger charge is 2.09.